The minimum absolute atomic E-state index is 0.181. The fourth-order valence-corrected chi connectivity index (χ4v) is 2.62. The van der Waals surface area contributed by atoms with Crippen molar-refractivity contribution in [2.75, 3.05) is 13.1 Å². The van der Waals surface area contributed by atoms with Crippen LogP contribution in [0.2, 0.25) is 0 Å². The second-order valence-electron chi connectivity index (χ2n) is 5.14. The molecule has 1 fully saturated rings. The number of piperidine rings is 1. The van der Waals surface area contributed by atoms with Gasteiger partial charge in [-0.2, -0.15) is 13.2 Å². The molecule has 104 valence electrons. The minimum atomic E-state index is -4.34. The molecule has 2 nitrogen and oxygen atoms in total. The number of amides is 1. The van der Waals surface area contributed by atoms with Crippen molar-refractivity contribution in [2.45, 2.75) is 31.4 Å². The SMILES string of the molecule is CC1(c2ccccc2)CCCN(CC(F)(F)F)C1=O. The molecule has 1 heterocycles. The highest BCUT2D eigenvalue weighted by atomic mass is 19.4. The first-order valence-corrected chi connectivity index (χ1v) is 6.24. The minimum Gasteiger partial charge on any atom is -0.333 e. The van der Waals surface area contributed by atoms with Crippen LogP contribution in [0.4, 0.5) is 13.2 Å². The summed E-state index contributed by atoms with van der Waals surface area (Å²) in [4.78, 5) is 13.3. The van der Waals surface area contributed by atoms with Crippen LogP contribution in [-0.2, 0) is 10.2 Å². The molecule has 1 aliphatic rings. The first-order valence-electron chi connectivity index (χ1n) is 6.24. The summed E-state index contributed by atoms with van der Waals surface area (Å²) in [6.45, 7) is 0.752. The van der Waals surface area contributed by atoms with Crippen molar-refractivity contribution < 1.29 is 18.0 Å². The zero-order valence-electron chi connectivity index (χ0n) is 10.7. The molecule has 0 N–H and O–H groups in total. The Labute approximate surface area is 110 Å². The Morgan fingerprint density at radius 2 is 1.89 bits per heavy atom. The molecule has 0 spiro atoms. The van der Waals surface area contributed by atoms with E-state index in [1.807, 2.05) is 6.07 Å². The summed E-state index contributed by atoms with van der Waals surface area (Å²) >= 11 is 0. The lowest BCUT2D eigenvalue weighted by Crippen LogP contribution is -2.52. The van der Waals surface area contributed by atoms with Crippen molar-refractivity contribution in [3.05, 3.63) is 35.9 Å². The molecule has 0 radical (unpaired) electrons. The fourth-order valence-electron chi connectivity index (χ4n) is 2.62. The number of hydrogen-bond donors (Lipinski definition) is 0. The molecule has 1 unspecified atom stereocenters. The number of halogens is 3. The third kappa shape index (κ3) is 2.91. The highest BCUT2D eigenvalue weighted by Gasteiger charge is 2.44. The summed E-state index contributed by atoms with van der Waals surface area (Å²) in [5.41, 5.74) is -0.0584. The molecule has 2 rings (SSSR count). The van der Waals surface area contributed by atoms with Gasteiger partial charge in [0.25, 0.3) is 0 Å². The van der Waals surface area contributed by atoms with E-state index in [0.717, 1.165) is 10.5 Å². The molecular weight excluding hydrogens is 255 g/mol. The van der Waals surface area contributed by atoms with E-state index in [-0.39, 0.29) is 6.54 Å². The van der Waals surface area contributed by atoms with Crippen LogP contribution in [0.3, 0.4) is 0 Å². The second kappa shape index (κ2) is 4.87. The van der Waals surface area contributed by atoms with Gasteiger partial charge in [0.05, 0.1) is 5.41 Å². The maximum absolute atomic E-state index is 12.5. The summed E-state index contributed by atoms with van der Waals surface area (Å²) in [5, 5.41) is 0. The molecule has 1 atom stereocenters. The van der Waals surface area contributed by atoms with Crippen molar-refractivity contribution in [1.82, 2.24) is 4.90 Å². The molecule has 1 aromatic rings. The summed E-state index contributed by atoms with van der Waals surface area (Å²) in [5.74, 6) is -0.428. The third-order valence-corrected chi connectivity index (χ3v) is 3.65. The topological polar surface area (TPSA) is 20.3 Å². The standard InChI is InChI=1S/C14H16F3NO/c1-13(11-6-3-2-4-7-11)8-5-9-18(12(13)19)10-14(15,16)17/h2-4,6-7H,5,8-10H2,1H3. The smallest absolute Gasteiger partial charge is 0.333 e. The van der Waals surface area contributed by atoms with Gasteiger partial charge in [-0.15, -0.1) is 0 Å². The highest BCUT2D eigenvalue weighted by Crippen LogP contribution is 2.35. The van der Waals surface area contributed by atoms with Crippen LogP contribution in [0.15, 0.2) is 30.3 Å². The molecular formula is C14H16F3NO. The van der Waals surface area contributed by atoms with Gasteiger partial charge in [-0.05, 0) is 25.3 Å². The number of rotatable bonds is 2. The Balaban J connectivity index is 2.25. The van der Waals surface area contributed by atoms with Gasteiger partial charge in [0.15, 0.2) is 0 Å². The molecule has 1 aromatic carbocycles. The summed E-state index contributed by atoms with van der Waals surface area (Å²) < 4.78 is 37.4. The number of nitrogens with zero attached hydrogens (tertiary/aromatic N) is 1. The van der Waals surface area contributed by atoms with Crippen molar-refractivity contribution >= 4 is 5.91 Å². The summed E-state index contributed by atoms with van der Waals surface area (Å²) in [6, 6.07) is 9.03. The highest BCUT2D eigenvalue weighted by molar-refractivity contribution is 5.88. The number of carbonyl (C=O) groups excluding carboxylic acids is 1. The van der Waals surface area contributed by atoms with Crippen LogP contribution < -0.4 is 0 Å². The van der Waals surface area contributed by atoms with Crippen LogP contribution in [0.5, 0.6) is 0 Å². The zero-order chi connectivity index (χ0) is 14.1. The van der Waals surface area contributed by atoms with Gasteiger partial charge < -0.3 is 4.90 Å². The lowest BCUT2D eigenvalue weighted by molar-refractivity contribution is -0.167. The van der Waals surface area contributed by atoms with Gasteiger partial charge in [-0.25, -0.2) is 0 Å². The number of hydrogen-bond acceptors (Lipinski definition) is 1. The predicted molar refractivity (Wildman–Crippen MR) is 65.7 cm³/mol. The third-order valence-electron chi connectivity index (χ3n) is 3.65. The van der Waals surface area contributed by atoms with E-state index >= 15 is 0 Å². The van der Waals surface area contributed by atoms with E-state index in [1.165, 1.54) is 0 Å². The Bertz CT molecular complexity index is 458. The monoisotopic (exact) mass is 271 g/mol. The normalized spacial score (nSPS) is 24.6. The van der Waals surface area contributed by atoms with Gasteiger partial charge in [-0.3, -0.25) is 4.79 Å². The summed E-state index contributed by atoms with van der Waals surface area (Å²) in [7, 11) is 0. The van der Waals surface area contributed by atoms with E-state index in [2.05, 4.69) is 0 Å². The lowest BCUT2D eigenvalue weighted by atomic mass is 9.75. The van der Waals surface area contributed by atoms with E-state index in [1.54, 1.807) is 31.2 Å². The average molecular weight is 271 g/mol. The van der Waals surface area contributed by atoms with E-state index < -0.39 is 24.0 Å². The molecule has 0 saturated carbocycles. The van der Waals surface area contributed by atoms with Crippen LogP contribution in [0.1, 0.15) is 25.3 Å². The van der Waals surface area contributed by atoms with Gasteiger partial charge in [-0.1, -0.05) is 30.3 Å². The van der Waals surface area contributed by atoms with E-state index in [0.29, 0.717) is 12.8 Å². The number of alkyl halides is 3. The first kappa shape index (κ1) is 13.9. The number of carbonyl (C=O) groups is 1. The number of likely N-dealkylation sites (tertiary alicyclic amines) is 1. The van der Waals surface area contributed by atoms with Gasteiger partial charge >= 0.3 is 6.18 Å². The molecule has 0 bridgehead atoms. The Kier molecular flexibility index (Phi) is 3.56. The van der Waals surface area contributed by atoms with Crippen molar-refractivity contribution in [2.24, 2.45) is 0 Å². The maximum atomic E-state index is 12.5. The second-order valence-corrected chi connectivity index (χ2v) is 5.14. The zero-order valence-corrected chi connectivity index (χ0v) is 10.7. The van der Waals surface area contributed by atoms with Crippen LogP contribution in [0.25, 0.3) is 0 Å². The molecule has 1 saturated heterocycles. The first-order chi connectivity index (χ1) is 8.83. The molecule has 1 amide bonds. The molecule has 19 heavy (non-hydrogen) atoms. The lowest BCUT2D eigenvalue weighted by Gasteiger charge is -2.40. The van der Waals surface area contributed by atoms with Crippen LogP contribution in [-0.4, -0.2) is 30.1 Å². The molecule has 1 aliphatic heterocycles. The Morgan fingerprint density at radius 1 is 1.26 bits per heavy atom. The molecule has 0 aromatic heterocycles. The quantitative estimate of drug-likeness (QED) is 0.809. The largest absolute Gasteiger partial charge is 0.406 e. The number of benzene rings is 1. The molecule has 5 heteroatoms. The van der Waals surface area contributed by atoms with Gasteiger partial charge in [0, 0.05) is 6.54 Å². The Morgan fingerprint density at radius 3 is 2.47 bits per heavy atom. The predicted octanol–water partition coefficient (Wildman–Crippen LogP) is 3.13. The van der Waals surface area contributed by atoms with E-state index in [9.17, 15) is 18.0 Å². The van der Waals surface area contributed by atoms with E-state index in [4.69, 9.17) is 0 Å². The molecule has 0 aliphatic carbocycles. The van der Waals surface area contributed by atoms with Crippen molar-refractivity contribution in [3.8, 4) is 0 Å². The van der Waals surface area contributed by atoms with Gasteiger partial charge in [0.1, 0.15) is 6.54 Å². The van der Waals surface area contributed by atoms with Gasteiger partial charge in [0.2, 0.25) is 5.91 Å². The fraction of sp³-hybridized carbons (Fsp3) is 0.500. The van der Waals surface area contributed by atoms with Crippen molar-refractivity contribution in [1.29, 1.82) is 0 Å². The van der Waals surface area contributed by atoms with Crippen LogP contribution in [0, 0.1) is 0 Å². The summed E-state index contributed by atoms with van der Waals surface area (Å²) in [6.07, 6.45) is -3.16. The van der Waals surface area contributed by atoms with Crippen LogP contribution >= 0.6 is 0 Å². The Hall–Kier alpha value is -1.52. The maximum Gasteiger partial charge on any atom is 0.406 e. The average Bonchev–Trinajstić information content (AvgIpc) is 2.35. The van der Waals surface area contributed by atoms with Crippen molar-refractivity contribution in [3.63, 3.8) is 0 Å².